The summed E-state index contributed by atoms with van der Waals surface area (Å²) in [7, 11) is 0. The van der Waals surface area contributed by atoms with Crippen molar-refractivity contribution < 1.29 is 34.2 Å². The van der Waals surface area contributed by atoms with Gasteiger partial charge >= 0.3 is 11.9 Å². The van der Waals surface area contributed by atoms with Crippen LogP contribution in [0.25, 0.3) is 0 Å². The van der Waals surface area contributed by atoms with Gasteiger partial charge in [-0.25, -0.2) is 9.78 Å². The molecule has 1 saturated heterocycles. The number of carbonyl (C=O) groups excluding carboxylic acids is 3. The predicted molar refractivity (Wildman–Crippen MR) is 122 cm³/mol. The minimum absolute atomic E-state index is 0.0507. The number of aliphatic carboxylic acids is 2. The Kier molecular flexibility index (Phi) is 10.3. The molecular formula is C20H30N6O7S. The van der Waals surface area contributed by atoms with Gasteiger partial charge in [-0.05, 0) is 31.3 Å². The number of hydrogen-bond donors (Lipinski definition) is 6. The lowest BCUT2D eigenvalue weighted by Crippen LogP contribution is -2.57. The summed E-state index contributed by atoms with van der Waals surface area (Å²) in [4.78, 5) is 69.1. The molecule has 34 heavy (non-hydrogen) atoms. The van der Waals surface area contributed by atoms with E-state index < -0.39 is 54.3 Å². The van der Waals surface area contributed by atoms with Gasteiger partial charge in [0.05, 0.1) is 18.8 Å². The quantitative estimate of drug-likeness (QED) is 0.186. The van der Waals surface area contributed by atoms with Crippen molar-refractivity contribution in [2.45, 2.75) is 56.3 Å². The molecule has 188 valence electrons. The number of nitrogens with zero attached hydrogens (tertiary/aromatic N) is 2. The van der Waals surface area contributed by atoms with E-state index in [1.807, 2.05) is 6.26 Å². The molecule has 1 aliphatic heterocycles. The number of hydrogen-bond acceptors (Lipinski definition) is 8. The highest BCUT2D eigenvalue weighted by Gasteiger charge is 2.38. The molecule has 0 aromatic carbocycles. The number of amides is 3. The summed E-state index contributed by atoms with van der Waals surface area (Å²) in [6.07, 6.45) is 5.29. The van der Waals surface area contributed by atoms with Crippen molar-refractivity contribution in [3.05, 3.63) is 18.2 Å². The van der Waals surface area contributed by atoms with Gasteiger partial charge in [-0.15, -0.1) is 0 Å². The maximum atomic E-state index is 13.1. The lowest BCUT2D eigenvalue weighted by atomic mass is 10.1. The Labute approximate surface area is 200 Å². The predicted octanol–water partition coefficient (Wildman–Crippen LogP) is -1.45. The molecule has 0 spiro atoms. The molecule has 0 radical (unpaired) electrons. The number of imidazole rings is 1. The van der Waals surface area contributed by atoms with Gasteiger partial charge < -0.3 is 36.5 Å². The Hall–Kier alpha value is -3.13. The minimum Gasteiger partial charge on any atom is -0.481 e. The average molecular weight is 499 g/mol. The van der Waals surface area contributed by atoms with E-state index in [4.69, 9.17) is 10.8 Å². The van der Waals surface area contributed by atoms with E-state index in [0.29, 0.717) is 37.3 Å². The van der Waals surface area contributed by atoms with Crippen LogP contribution in [-0.4, -0.2) is 97.5 Å². The fourth-order valence-electron chi connectivity index (χ4n) is 3.62. The molecule has 4 unspecified atom stereocenters. The number of likely N-dealkylation sites (tertiary alicyclic amines) is 1. The maximum Gasteiger partial charge on any atom is 0.326 e. The second-order valence-electron chi connectivity index (χ2n) is 7.92. The molecule has 2 rings (SSSR count). The summed E-state index contributed by atoms with van der Waals surface area (Å²) < 4.78 is 0. The fraction of sp³-hybridized carbons (Fsp3) is 0.600. The molecular weight excluding hydrogens is 468 g/mol. The van der Waals surface area contributed by atoms with Gasteiger partial charge in [-0.2, -0.15) is 11.8 Å². The lowest BCUT2D eigenvalue weighted by Gasteiger charge is -2.28. The van der Waals surface area contributed by atoms with Crippen LogP contribution in [-0.2, 0) is 30.4 Å². The average Bonchev–Trinajstić information content (AvgIpc) is 3.47. The number of carbonyl (C=O) groups is 5. The summed E-state index contributed by atoms with van der Waals surface area (Å²) in [5, 5.41) is 22.9. The molecule has 3 amide bonds. The minimum atomic E-state index is -1.68. The Morgan fingerprint density at radius 1 is 1.26 bits per heavy atom. The number of carboxylic acid groups (broad SMARTS) is 2. The van der Waals surface area contributed by atoms with Crippen LogP contribution in [0.4, 0.5) is 0 Å². The third kappa shape index (κ3) is 7.73. The van der Waals surface area contributed by atoms with Crippen LogP contribution in [0.1, 0.15) is 31.4 Å². The van der Waals surface area contributed by atoms with Gasteiger partial charge in [0.15, 0.2) is 0 Å². The molecule has 13 nitrogen and oxygen atoms in total. The molecule has 1 fully saturated rings. The van der Waals surface area contributed by atoms with Crippen molar-refractivity contribution in [1.82, 2.24) is 25.5 Å². The first-order valence-electron chi connectivity index (χ1n) is 10.7. The van der Waals surface area contributed by atoms with E-state index >= 15 is 0 Å². The number of aromatic amines is 1. The van der Waals surface area contributed by atoms with Crippen LogP contribution >= 0.6 is 11.8 Å². The summed E-state index contributed by atoms with van der Waals surface area (Å²) in [5.74, 6) is -4.01. The van der Waals surface area contributed by atoms with E-state index in [1.54, 1.807) is 11.8 Å². The summed E-state index contributed by atoms with van der Waals surface area (Å²) in [6, 6.07) is -4.46. The van der Waals surface area contributed by atoms with Gasteiger partial charge in [-0.1, -0.05) is 0 Å². The number of aromatic nitrogens is 2. The van der Waals surface area contributed by atoms with E-state index in [9.17, 15) is 29.1 Å². The molecule has 14 heteroatoms. The van der Waals surface area contributed by atoms with E-state index in [2.05, 4.69) is 20.6 Å². The highest BCUT2D eigenvalue weighted by Crippen LogP contribution is 2.19. The van der Waals surface area contributed by atoms with Crippen molar-refractivity contribution >= 4 is 41.4 Å². The molecule has 1 aliphatic rings. The molecule has 4 atom stereocenters. The van der Waals surface area contributed by atoms with Gasteiger partial charge in [0.25, 0.3) is 0 Å². The normalized spacial score (nSPS) is 18.1. The second-order valence-corrected chi connectivity index (χ2v) is 8.90. The summed E-state index contributed by atoms with van der Waals surface area (Å²) in [6.45, 7) is 0.362. The standard InChI is InChI=1S/C20H30N6O7S/c1-34-6-4-12(21)19(31)26-5-2-3-15(26)18(30)24-13(7-11-9-22-10-23-11)17(29)25-14(20(32)33)8-16(27)28/h9-10,12-15H,2-8,21H2,1H3,(H,22,23)(H,24,30)(H,25,29)(H,27,28)(H,32,33). The molecule has 1 aromatic heterocycles. The fourth-order valence-corrected chi connectivity index (χ4v) is 4.11. The van der Waals surface area contributed by atoms with E-state index in [0.717, 1.165) is 0 Å². The van der Waals surface area contributed by atoms with Crippen molar-refractivity contribution in [1.29, 1.82) is 0 Å². The zero-order chi connectivity index (χ0) is 25.3. The number of nitrogens with one attached hydrogen (secondary N) is 3. The largest absolute Gasteiger partial charge is 0.481 e. The number of thioether (sulfide) groups is 1. The van der Waals surface area contributed by atoms with Crippen LogP contribution < -0.4 is 16.4 Å². The van der Waals surface area contributed by atoms with Gasteiger partial charge in [0.1, 0.15) is 18.1 Å². The lowest BCUT2D eigenvalue weighted by molar-refractivity contribution is -0.147. The first kappa shape index (κ1) is 27.1. The van der Waals surface area contributed by atoms with Gasteiger partial charge in [-0.3, -0.25) is 19.2 Å². The summed E-state index contributed by atoms with van der Waals surface area (Å²) >= 11 is 1.56. The third-order valence-corrected chi connectivity index (χ3v) is 6.04. The van der Waals surface area contributed by atoms with Crippen LogP contribution in [0.3, 0.4) is 0 Å². The van der Waals surface area contributed by atoms with Gasteiger partial charge in [0, 0.05) is 24.9 Å². The van der Waals surface area contributed by atoms with Crippen LogP contribution in [0.15, 0.2) is 12.5 Å². The van der Waals surface area contributed by atoms with Crippen LogP contribution in [0.5, 0.6) is 0 Å². The third-order valence-electron chi connectivity index (χ3n) is 5.39. The number of rotatable bonds is 13. The number of H-pyrrole nitrogens is 1. The molecule has 7 N–H and O–H groups in total. The Balaban J connectivity index is 2.14. The van der Waals surface area contributed by atoms with Gasteiger partial charge in [0.2, 0.25) is 17.7 Å². The first-order valence-corrected chi connectivity index (χ1v) is 12.1. The SMILES string of the molecule is CSCCC(N)C(=O)N1CCCC1C(=O)NC(Cc1cnc[nH]1)C(=O)NC(CC(=O)O)C(=O)O. The van der Waals surface area contributed by atoms with Crippen molar-refractivity contribution in [2.24, 2.45) is 5.73 Å². The van der Waals surface area contributed by atoms with E-state index in [1.165, 1.54) is 17.4 Å². The zero-order valence-electron chi connectivity index (χ0n) is 18.7. The molecule has 2 heterocycles. The first-order chi connectivity index (χ1) is 16.1. The van der Waals surface area contributed by atoms with Crippen molar-refractivity contribution in [3.8, 4) is 0 Å². The molecule has 0 aliphatic carbocycles. The molecule has 1 aromatic rings. The number of carboxylic acids is 2. The highest BCUT2D eigenvalue weighted by molar-refractivity contribution is 7.98. The summed E-state index contributed by atoms with van der Waals surface area (Å²) in [5.41, 5.74) is 6.48. The Bertz CT molecular complexity index is 881. The van der Waals surface area contributed by atoms with Crippen LogP contribution in [0.2, 0.25) is 0 Å². The number of nitrogens with two attached hydrogens (primary N) is 1. The maximum absolute atomic E-state index is 13.1. The molecule has 0 saturated carbocycles. The Morgan fingerprint density at radius 3 is 2.59 bits per heavy atom. The molecule has 0 bridgehead atoms. The zero-order valence-corrected chi connectivity index (χ0v) is 19.5. The highest BCUT2D eigenvalue weighted by atomic mass is 32.2. The van der Waals surface area contributed by atoms with Crippen molar-refractivity contribution in [2.75, 3.05) is 18.6 Å². The topological polar surface area (TPSA) is 208 Å². The Morgan fingerprint density at radius 2 is 2.00 bits per heavy atom. The van der Waals surface area contributed by atoms with Crippen LogP contribution in [0, 0.1) is 0 Å². The smallest absolute Gasteiger partial charge is 0.326 e. The monoisotopic (exact) mass is 498 g/mol. The van der Waals surface area contributed by atoms with E-state index in [-0.39, 0.29) is 12.3 Å². The van der Waals surface area contributed by atoms with Crippen molar-refractivity contribution in [3.63, 3.8) is 0 Å². The second kappa shape index (κ2) is 12.9.